The van der Waals surface area contributed by atoms with Crippen molar-refractivity contribution in [3.63, 3.8) is 0 Å². The number of benzene rings is 6. The lowest BCUT2D eigenvalue weighted by molar-refractivity contribution is 1.08. The second kappa shape index (κ2) is 11.8. The Hall–Kier alpha value is -5.80. The molecule has 0 aliphatic rings. The van der Waals surface area contributed by atoms with Gasteiger partial charge in [-0.3, -0.25) is 0 Å². The van der Waals surface area contributed by atoms with Gasteiger partial charge in [0.25, 0.3) is 0 Å². The first-order chi connectivity index (χ1) is 21.7. The fraction of sp³-hybridized carbons (Fsp3) is 0.0244. The van der Waals surface area contributed by atoms with Crippen molar-refractivity contribution in [2.75, 3.05) is 5.43 Å². The Kier molecular flexibility index (Phi) is 7.27. The molecule has 6 aromatic carbocycles. The lowest BCUT2D eigenvalue weighted by Gasteiger charge is -2.18. The van der Waals surface area contributed by atoms with Gasteiger partial charge in [-0.2, -0.15) is 0 Å². The van der Waals surface area contributed by atoms with E-state index in [4.69, 9.17) is 0 Å². The van der Waals surface area contributed by atoms with Gasteiger partial charge in [0.2, 0.25) is 0 Å². The van der Waals surface area contributed by atoms with Gasteiger partial charge < -0.3 is 15.4 Å². The molecule has 3 nitrogen and oxygen atoms in total. The van der Waals surface area contributed by atoms with E-state index in [9.17, 15) is 0 Å². The largest absolute Gasteiger partial charge is 0.309 e. The zero-order chi connectivity index (χ0) is 29.9. The minimum atomic E-state index is 0.934. The van der Waals surface area contributed by atoms with Crippen LogP contribution in [0.3, 0.4) is 0 Å². The summed E-state index contributed by atoms with van der Waals surface area (Å²) in [6.07, 6.45) is 3.81. The van der Waals surface area contributed by atoms with E-state index >= 15 is 0 Å². The van der Waals surface area contributed by atoms with E-state index in [-0.39, 0.29) is 0 Å². The first-order valence-electron chi connectivity index (χ1n) is 14.9. The summed E-state index contributed by atoms with van der Waals surface area (Å²) in [6.45, 7) is 6.13. The highest BCUT2D eigenvalue weighted by Gasteiger charge is 2.14. The molecule has 44 heavy (non-hydrogen) atoms. The quantitative estimate of drug-likeness (QED) is 0.141. The van der Waals surface area contributed by atoms with E-state index in [0.29, 0.717) is 0 Å². The summed E-state index contributed by atoms with van der Waals surface area (Å²) in [5.74, 6) is 0. The van der Waals surface area contributed by atoms with Gasteiger partial charge in [0.15, 0.2) is 0 Å². The Morgan fingerprint density at radius 1 is 0.614 bits per heavy atom. The van der Waals surface area contributed by atoms with E-state index in [1.165, 1.54) is 38.5 Å². The number of rotatable bonds is 8. The third-order valence-electron chi connectivity index (χ3n) is 8.17. The molecular formula is C41H33N3. The summed E-state index contributed by atoms with van der Waals surface area (Å²) < 4.78 is 2.35. The molecule has 7 rings (SSSR count). The third-order valence-corrected chi connectivity index (χ3v) is 8.17. The van der Waals surface area contributed by atoms with Crippen molar-refractivity contribution in [3.05, 3.63) is 175 Å². The van der Waals surface area contributed by atoms with Gasteiger partial charge in [-0.1, -0.05) is 116 Å². The Bertz CT molecular complexity index is 2150. The lowest BCUT2D eigenvalue weighted by Crippen LogP contribution is -2.20. The second-order valence-corrected chi connectivity index (χ2v) is 10.9. The molecule has 0 radical (unpaired) electrons. The number of hydrogen-bond donors (Lipinski definition) is 2. The average Bonchev–Trinajstić information content (AvgIpc) is 3.41. The van der Waals surface area contributed by atoms with Crippen LogP contribution in [0.5, 0.6) is 0 Å². The van der Waals surface area contributed by atoms with Gasteiger partial charge >= 0.3 is 0 Å². The molecule has 0 unspecified atom stereocenters. The summed E-state index contributed by atoms with van der Waals surface area (Å²) in [4.78, 5) is 0. The smallest absolute Gasteiger partial charge is 0.0618 e. The number of fused-ring (bicyclic) bond motifs is 3. The zero-order valence-electron chi connectivity index (χ0n) is 24.7. The number of anilines is 1. The predicted molar refractivity (Wildman–Crippen MR) is 188 cm³/mol. The molecule has 0 saturated carbocycles. The fourth-order valence-electron chi connectivity index (χ4n) is 6.04. The maximum absolute atomic E-state index is 3.98. The van der Waals surface area contributed by atoms with Gasteiger partial charge in [0, 0.05) is 22.0 Å². The van der Waals surface area contributed by atoms with Crippen molar-refractivity contribution in [1.29, 1.82) is 0 Å². The molecule has 1 aromatic heterocycles. The van der Waals surface area contributed by atoms with Crippen LogP contribution >= 0.6 is 0 Å². The van der Waals surface area contributed by atoms with Crippen LogP contribution in [0.1, 0.15) is 11.1 Å². The topological polar surface area (TPSA) is 29.0 Å². The van der Waals surface area contributed by atoms with Crippen molar-refractivity contribution in [2.24, 2.45) is 0 Å². The molecular weight excluding hydrogens is 534 g/mol. The van der Waals surface area contributed by atoms with Crippen molar-refractivity contribution in [2.45, 2.75) is 6.92 Å². The van der Waals surface area contributed by atoms with Crippen LogP contribution in [-0.2, 0) is 0 Å². The third kappa shape index (κ3) is 5.05. The van der Waals surface area contributed by atoms with E-state index in [0.717, 1.165) is 33.8 Å². The number of allylic oxidation sites excluding steroid dienone is 2. The van der Waals surface area contributed by atoms with E-state index in [1.807, 2.05) is 18.2 Å². The molecule has 0 spiro atoms. The van der Waals surface area contributed by atoms with Crippen molar-refractivity contribution < 1.29 is 0 Å². The number of nitrogens with zero attached hydrogens (tertiary/aromatic N) is 1. The first-order valence-corrected chi connectivity index (χ1v) is 14.9. The van der Waals surface area contributed by atoms with E-state index in [1.54, 1.807) is 0 Å². The summed E-state index contributed by atoms with van der Waals surface area (Å²) in [5.41, 5.74) is 19.4. The minimum absolute atomic E-state index is 0.934. The molecule has 0 saturated heterocycles. The average molecular weight is 568 g/mol. The Labute approximate surface area is 258 Å². The number of nitrogens with one attached hydrogen (secondary N) is 2. The number of hydrazine groups is 1. The maximum atomic E-state index is 3.98. The summed E-state index contributed by atoms with van der Waals surface area (Å²) >= 11 is 0. The molecule has 0 aliphatic carbocycles. The molecule has 0 fully saturated rings. The van der Waals surface area contributed by atoms with Gasteiger partial charge in [-0.05, 0) is 83.3 Å². The summed E-state index contributed by atoms with van der Waals surface area (Å²) in [6, 6.07) is 51.5. The van der Waals surface area contributed by atoms with Gasteiger partial charge in [0.1, 0.15) is 0 Å². The number of aromatic nitrogens is 1. The molecule has 7 aromatic rings. The summed E-state index contributed by atoms with van der Waals surface area (Å²) in [7, 11) is 0. The monoisotopic (exact) mass is 567 g/mol. The van der Waals surface area contributed by atoms with Crippen LogP contribution in [0.4, 0.5) is 5.69 Å². The van der Waals surface area contributed by atoms with Gasteiger partial charge in [-0.15, -0.1) is 0 Å². The Morgan fingerprint density at radius 2 is 1.32 bits per heavy atom. The zero-order valence-corrected chi connectivity index (χ0v) is 24.7. The molecule has 0 amide bonds. The molecule has 3 heteroatoms. The van der Waals surface area contributed by atoms with Crippen LogP contribution in [0.15, 0.2) is 164 Å². The number of aryl methyl sites for hydroxylation is 1. The van der Waals surface area contributed by atoms with Crippen LogP contribution < -0.4 is 10.9 Å². The van der Waals surface area contributed by atoms with E-state index < -0.39 is 0 Å². The highest BCUT2D eigenvalue weighted by atomic mass is 15.4. The Morgan fingerprint density at radius 3 is 2.16 bits per heavy atom. The second-order valence-electron chi connectivity index (χ2n) is 10.9. The van der Waals surface area contributed by atoms with Crippen LogP contribution in [-0.4, -0.2) is 4.57 Å². The SMILES string of the molecule is C=C/C=C(\NNc1ccccc1-c1ccccc1C)c1cccc(-c2ccc3c(c2)c2ccccc2n3-c2ccccc2)c1. The maximum Gasteiger partial charge on any atom is 0.0618 e. The van der Waals surface area contributed by atoms with Crippen LogP contribution in [0, 0.1) is 6.92 Å². The molecule has 0 bridgehead atoms. The van der Waals surface area contributed by atoms with Crippen LogP contribution in [0.25, 0.3) is 55.4 Å². The molecule has 0 atom stereocenters. The van der Waals surface area contributed by atoms with Gasteiger partial charge in [0.05, 0.1) is 22.4 Å². The highest BCUT2D eigenvalue weighted by molar-refractivity contribution is 6.10. The standard InChI is InChI=1S/C41H33N3/c1-3-14-38(42-43-39-23-11-9-21-35(39)34-20-8-7-15-29(34)2)32-17-13-16-30(27-32)31-25-26-41-37(28-31)36-22-10-12-24-40(36)44(41)33-18-5-4-6-19-33/h3-28,42-43H,1H2,2H3/b38-14-. The van der Waals surface area contributed by atoms with Gasteiger partial charge in [-0.25, -0.2) is 0 Å². The normalized spacial score (nSPS) is 11.5. The fourth-order valence-corrected chi connectivity index (χ4v) is 6.04. The molecule has 1 heterocycles. The summed E-state index contributed by atoms with van der Waals surface area (Å²) in [5, 5.41) is 2.48. The highest BCUT2D eigenvalue weighted by Crippen LogP contribution is 2.35. The van der Waals surface area contributed by atoms with Crippen molar-refractivity contribution in [3.8, 4) is 27.9 Å². The lowest BCUT2D eigenvalue weighted by atomic mass is 9.99. The first kappa shape index (κ1) is 27.1. The molecule has 2 N–H and O–H groups in total. The van der Waals surface area contributed by atoms with Crippen molar-refractivity contribution in [1.82, 2.24) is 9.99 Å². The van der Waals surface area contributed by atoms with Crippen LogP contribution in [0.2, 0.25) is 0 Å². The minimum Gasteiger partial charge on any atom is -0.309 e. The molecule has 212 valence electrons. The predicted octanol–water partition coefficient (Wildman–Crippen LogP) is 10.6. The number of para-hydroxylation sites is 3. The number of hydrogen-bond acceptors (Lipinski definition) is 2. The van der Waals surface area contributed by atoms with Crippen molar-refractivity contribution >= 4 is 33.2 Å². The van der Waals surface area contributed by atoms with E-state index in [2.05, 4.69) is 168 Å². The molecule has 0 aliphatic heterocycles. The Balaban J connectivity index is 1.23.